The van der Waals surface area contributed by atoms with Gasteiger partial charge in [-0.15, -0.1) is 0 Å². The van der Waals surface area contributed by atoms with Crippen LogP contribution >= 0.6 is 0 Å². The molecular formula is C25H35NO6. The first-order chi connectivity index (χ1) is 15.4. The molecule has 0 saturated carbocycles. The van der Waals surface area contributed by atoms with Gasteiger partial charge in [0.1, 0.15) is 5.92 Å². The van der Waals surface area contributed by atoms with Crippen molar-refractivity contribution >= 4 is 17.8 Å². The summed E-state index contributed by atoms with van der Waals surface area (Å²) >= 11 is 0. The Bertz CT molecular complexity index is 812. The SMILES string of the molecule is CCCC[C@]12CC[C@H]([C@@H](C(C)COCc3ccccc3)C(=O)[C@@H]1C(=O)OC)N2C(=O)OC. The fourth-order valence-electron chi connectivity index (χ4n) is 5.69. The van der Waals surface area contributed by atoms with Crippen molar-refractivity contribution in [2.75, 3.05) is 20.8 Å². The van der Waals surface area contributed by atoms with Crippen molar-refractivity contribution in [1.29, 1.82) is 0 Å². The highest BCUT2D eigenvalue weighted by Gasteiger charge is 2.66. The van der Waals surface area contributed by atoms with Crippen LogP contribution in [0.4, 0.5) is 4.79 Å². The number of hydrogen-bond acceptors (Lipinski definition) is 6. The Kier molecular flexibility index (Phi) is 7.93. The molecule has 0 aliphatic carbocycles. The molecule has 5 atom stereocenters. The van der Waals surface area contributed by atoms with Gasteiger partial charge in [0, 0.05) is 12.0 Å². The van der Waals surface area contributed by atoms with Crippen LogP contribution in [0.3, 0.4) is 0 Å². The molecule has 0 aromatic heterocycles. The summed E-state index contributed by atoms with van der Waals surface area (Å²) in [5, 5.41) is 0. The molecule has 1 unspecified atom stereocenters. The summed E-state index contributed by atoms with van der Waals surface area (Å²) in [6.45, 7) is 4.80. The number of carbonyl (C=O) groups is 3. The third kappa shape index (κ3) is 4.40. The number of carbonyl (C=O) groups excluding carboxylic acids is 3. The van der Waals surface area contributed by atoms with Crippen LogP contribution < -0.4 is 0 Å². The smallest absolute Gasteiger partial charge is 0.410 e. The van der Waals surface area contributed by atoms with Crippen molar-refractivity contribution in [1.82, 2.24) is 4.90 Å². The number of ether oxygens (including phenoxy) is 3. The molecule has 7 heteroatoms. The Hall–Kier alpha value is -2.41. The quantitative estimate of drug-likeness (QED) is 0.422. The Morgan fingerprint density at radius 2 is 1.91 bits per heavy atom. The van der Waals surface area contributed by atoms with Gasteiger partial charge in [-0.2, -0.15) is 0 Å². The highest BCUT2D eigenvalue weighted by Crippen LogP contribution is 2.53. The van der Waals surface area contributed by atoms with Gasteiger partial charge in [-0.25, -0.2) is 4.79 Å². The van der Waals surface area contributed by atoms with E-state index >= 15 is 0 Å². The monoisotopic (exact) mass is 445 g/mol. The number of hydrogen-bond donors (Lipinski definition) is 0. The minimum Gasteiger partial charge on any atom is -0.468 e. The van der Waals surface area contributed by atoms with Crippen LogP contribution in [-0.4, -0.2) is 55.2 Å². The van der Waals surface area contributed by atoms with Crippen LogP contribution in [0.5, 0.6) is 0 Å². The number of rotatable bonds is 9. The molecule has 2 aliphatic heterocycles. The number of nitrogens with zero attached hydrogens (tertiary/aromatic N) is 1. The molecule has 2 saturated heterocycles. The highest BCUT2D eigenvalue weighted by molar-refractivity contribution is 6.04. The maximum Gasteiger partial charge on any atom is 0.410 e. The molecule has 0 spiro atoms. The number of esters is 1. The molecule has 1 amide bonds. The van der Waals surface area contributed by atoms with E-state index < -0.39 is 29.4 Å². The summed E-state index contributed by atoms with van der Waals surface area (Å²) in [6.07, 6.45) is 3.05. The van der Waals surface area contributed by atoms with Crippen molar-refractivity contribution in [2.24, 2.45) is 17.8 Å². The van der Waals surface area contributed by atoms with Crippen LogP contribution in [0.15, 0.2) is 30.3 Å². The standard InChI is InChI=1S/C25H35NO6/c1-5-6-13-25-14-12-19(26(25)24(29)31-4)20(22(27)21(25)23(28)30-3)17(2)15-32-16-18-10-8-7-9-11-18/h7-11,17,19-21H,5-6,12-16H2,1-4H3/t17?,19-,20-,21-,25+/m1/s1. The summed E-state index contributed by atoms with van der Waals surface area (Å²) < 4.78 is 16.1. The molecule has 2 bridgehead atoms. The van der Waals surface area contributed by atoms with Gasteiger partial charge < -0.3 is 14.2 Å². The van der Waals surface area contributed by atoms with Crippen LogP contribution in [-0.2, 0) is 30.4 Å². The van der Waals surface area contributed by atoms with Gasteiger partial charge in [0.15, 0.2) is 5.78 Å². The minimum absolute atomic E-state index is 0.133. The molecule has 176 valence electrons. The highest BCUT2D eigenvalue weighted by atomic mass is 16.5. The average Bonchev–Trinajstić information content (AvgIpc) is 3.11. The second-order valence-electron chi connectivity index (χ2n) is 9.02. The molecular weight excluding hydrogens is 410 g/mol. The van der Waals surface area contributed by atoms with Crippen LogP contribution in [0, 0.1) is 17.8 Å². The number of fused-ring (bicyclic) bond motifs is 2. The summed E-state index contributed by atoms with van der Waals surface area (Å²) in [7, 11) is 2.65. The fraction of sp³-hybridized carbons (Fsp3) is 0.640. The van der Waals surface area contributed by atoms with Crippen LogP contribution in [0.1, 0.15) is 51.5 Å². The maximum atomic E-state index is 13.8. The molecule has 7 nitrogen and oxygen atoms in total. The zero-order valence-corrected chi connectivity index (χ0v) is 19.5. The minimum atomic E-state index is -1.00. The summed E-state index contributed by atoms with van der Waals surface area (Å²) in [6, 6.07) is 9.53. The number of ketones is 1. The molecule has 32 heavy (non-hydrogen) atoms. The first kappa shape index (κ1) is 24.2. The molecule has 3 rings (SSSR count). The normalized spacial score (nSPS) is 27.8. The van der Waals surface area contributed by atoms with Gasteiger partial charge in [0.25, 0.3) is 0 Å². The number of unbranched alkanes of at least 4 members (excludes halogenated alkanes) is 1. The molecule has 2 fully saturated rings. The van der Waals surface area contributed by atoms with Crippen LogP contribution in [0.2, 0.25) is 0 Å². The maximum absolute atomic E-state index is 13.8. The number of benzene rings is 1. The van der Waals surface area contributed by atoms with E-state index in [1.54, 1.807) is 4.90 Å². The van der Waals surface area contributed by atoms with E-state index in [2.05, 4.69) is 6.92 Å². The van der Waals surface area contributed by atoms with Crippen molar-refractivity contribution in [3.8, 4) is 0 Å². The third-order valence-corrected chi connectivity index (χ3v) is 7.13. The Morgan fingerprint density at radius 1 is 1.19 bits per heavy atom. The van der Waals surface area contributed by atoms with Gasteiger partial charge >= 0.3 is 12.1 Å². The van der Waals surface area contributed by atoms with Crippen molar-refractivity contribution in [3.63, 3.8) is 0 Å². The Balaban J connectivity index is 1.88. The Labute approximate surface area is 190 Å². The largest absolute Gasteiger partial charge is 0.468 e. The van der Waals surface area contributed by atoms with E-state index in [4.69, 9.17) is 14.2 Å². The lowest BCUT2D eigenvalue weighted by Crippen LogP contribution is -2.67. The summed E-state index contributed by atoms with van der Waals surface area (Å²) in [4.78, 5) is 41.3. The molecule has 2 aliphatic rings. The first-order valence-electron chi connectivity index (χ1n) is 11.5. The molecule has 0 radical (unpaired) electrons. The predicted molar refractivity (Wildman–Crippen MR) is 119 cm³/mol. The average molecular weight is 446 g/mol. The second kappa shape index (κ2) is 10.5. The zero-order valence-electron chi connectivity index (χ0n) is 19.5. The lowest BCUT2D eigenvalue weighted by molar-refractivity contribution is -0.164. The number of methoxy groups -OCH3 is 2. The van der Waals surface area contributed by atoms with E-state index in [0.717, 1.165) is 18.4 Å². The molecule has 0 N–H and O–H groups in total. The Morgan fingerprint density at radius 3 is 2.53 bits per heavy atom. The van der Waals surface area contributed by atoms with Crippen molar-refractivity contribution in [3.05, 3.63) is 35.9 Å². The van der Waals surface area contributed by atoms with E-state index in [9.17, 15) is 14.4 Å². The number of Topliss-reactive ketones (excluding diaryl/α,β-unsaturated/α-hetero) is 1. The lowest BCUT2D eigenvalue weighted by Gasteiger charge is -2.50. The summed E-state index contributed by atoms with van der Waals surface area (Å²) in [5.74, 6) is -2.38. The number of piperidine rings is 1. The van der Waals surface area contributed by atoms with E-state index in [1.165, 1.54) is 14.2 Å². The lowest BCUT2D eigenvalue weighted by atomic mass is 9.68. The predicted octanol–water partition coefficient (Wildman–Crippen LogP) is 3.99. The van der Waals surface area contributed by atoms with Gasteiger partial charge in [0.05, 0.1) is 33.0 Å². The zero-order chi connectivity index (χ0) is 23.3. The summed E-state index contributed by atoms with van der Waals surface area (Å²) in [5.41, 5.74) is 0.178. The fourth-order valence-corrected chi connectivity index (χ4v) is 5.69. The third-order valence-electron chi connectivity index (χ3n) is 7.13. The van der Waals surface area contributed by atoms with Crippen molar-refractivity contribution < 1.29 is 28.6 Å². The van der Waals surface area contributed by atoms with Crippen LogP contribution in [0.25, 0.3) is 0 Å². The molecule has 1 aromatic carbocycles. The van der Waals surface area contributed by atoms with Gasteiger partial charge in [-0.3, -0.25) is 14.5 Å². The van der Waals surface area contributed by atoms with Gasteiger partial charge in [-0.1, -0.05) is 57.0 Å². The van der Waals surface area contributed by atoms with Gasteiger partial charge in [0.2, 0.25) is 0 Å². The molecule has 1 aromatic rings. The van der Waals surface area contributed by atoms with E-state index in [1.807, 2.05) is 37.3 Å². The number of amides is 1. The van der Waals surface area contributed by atoms with E-state index in [0.29, 0.717) is 32.5 Å². The van der Waals surface area contributed by atoms with Gasteiger partial charge in [-0.05, 0) is 30.7 Å². The first-order valence-corrected chi connectivity index (χ1v) is 11.5. The van der Waals surface area contributed by atoms with Crippen molar-refractivity contribution in [2.45, 2.75) is 64.1 Å². The van der Waals surface area contributed by atoms with E-state index in [-0.39, 0.29) is 17.7 Å². The molecule has 2 heterocycles. The topological polar surface area (TPSA) is 82.1 Å². The second-order valence-corrected chi connectivity index (χ2v) is 9.02.